The molecular weight excluding hydrogens is 600 g/mol. The third kappa shape index (κ3) is 5.80. The van der Waals surface area contributed by atoms with E-state index < -0.39 is 0 Å². The Hall–Kier alpha value is -4.26. The fraction of sp³-hybridized carbons (Fsp3) is 0.0882. The van der Waals surface area contributed by atoms with Crippen molar-refractivity contribution < 1.29 is 14.3 Å². The highest BCUT2D eigenvalue weighted by Gasteiger charge is 2.28. The van der Waals surface area contributed by atoms with Gasteiger partial charge in [-0.3, -0.25) is 14.5 Å². The van der Waals surface area contributed by atoms with Gasteiger partial charge in [-0.2, -0.15) is 0 Å². The van der Waals surface area contributed by atoms with Crippen LogP contribution in [0, 0.1) is 6.92 Å². The zero-order valence-corrected chi connectivity index (χ0v) is 24.4. The van der Waals surface area contributed by atoms with E-state index >= 15 is 0 Å². The summed E-state index contributed by atoms with van der Waals surface area (Å²) in [5.41, 5.74) is 7.56. The lowest BCUT2D eigenvalue weighted by molar-refractivity contribution is -0.121. The first-order valence-electron chi connectivity index (χ1n) is 13.1. The molecule has 1 amide bonds. The van der Waals surface area contributed by atoms with E-state index in [0.717, 1.165) is 38.1 Å². The van der Waals surface area contributed by atoms with Crippen LogP contribution in [0.4, 0.5) is 5.69 Å². The number of halogens is 2. The van der Waals surface area contributed by atoms with Crippen LogP contribution in [0.2, 0.25) is 5.02 Å². The van der Waals surface area contributed by atoms with Crippen molar-refractivity contribution >= 4 is 44.9 Å². The van der Waals surface area contributed by atoms with Crippen molar-refractivity contribution in [3.8, 4) is 39.4 Å². The molecule has 1 aromatic heterocycles. The number of hydrogen-bond donors (Lipinski definition) is 0. The van der Waals surface area contributed by atoms with E-state index in [9.17, 15) is 9.59 Å². The quantitative estimate of drug-likeness (QED) is 0.178. The molecule has 6 rings (SSSR count). The molecule has 0 saturated carbocycles. The highest BCUT2D eigenvalue weighted by molar-refractivity contribution is 9.10. The van der Waals surface area contributed by atoms with Gasteiger partial charge in [0.1, 0.15) is 5.75 Å². The Kier molecular flexibility index (Phi) is 7.43. The summed E-state index contributed by atoms with van der Waals surface area (Å²) < 4.78 is 6.61. The van der Waals surface area contributed by atoms with Gasteiger partial charge in [0, 0.05) is 26.2 Å². The summed E-state index contributed by atoms with van der Waals surface area (Å²) >= 11 is 9.56. The highest BCUT2D eigenvalue weighted by atomic mass is 79.9. The van der Waals surface area contributed by atoms with Crippen molar-refractivity contribution in [1.29, 1.82) is 0 Å². The summed E-state index contributed by atoms with van der Waals surface area (Å²) in [4.78, 5) is 32.6. The molecule has 0 bridgehead atoms. The maximum Gasteiger partial charge on any atom is 0.265 e. The van der Waals surface area contributed by atoms with Gasteiger partial charge in [-0.25, -0.2) is 4.98 Å². The summed E-state index contributed by atoms with van der Waals surface area (Å²) in [5.74, 6) is 0.113. The van der Waals surface area contributed by atoms with Crippen molar-refractivity contribution in [2.24, 2.45) is 0 Å². The molecule has 0 fully saturated rings. The Morgan fingerprint density at radius 1 is 0.829 bits per heavy atom. The number of benzene rings is 4. The predicted molar refractivity (Wildman–Crippen MR) is 167 cm³/mol. The molecule has 0 atom stereocenters. The van der Waals surface area contributed by atoms with Crippen LogP contribution in [0.1, 0.15) is 15.9 Å². The number of hydrogen-bond acceptors (Lipinski definition) is 4. The molecule has 0 spiro atoms. The van der Waals surface area contributed by atoms with Crippen LogP contribution in [-0.2, 0) is 4.79 Å². The molecule has 0 radical (unpaired) electrons. The molecule has 1 aliphatic heterocycles. The molecule has 0 N–H and O–H groups in total. The number of ether oxygens (including phenoxy) is 1. The zero-order valence-electron chi connectivity index (χ0n) is 22.1. The Morgan fingerprint density at radius 2 is 1.46 bits per heavy atom. The SMILES string of the molecule is Cc1ccc(-c2cc(-c3ccc(Cl)cc3)cc(-c3ccc4c(c3)N(CC(=O)c3ccc(Br)cc3)C(=O)CO4)n2)cc1. The number of fused-ring (bicyclic) bond motifs is 1. The molecule has 202 valence electrons. The average Bonchev–Trinajstić information content (AvgIpc) is 2.99. The van der Waals surface area contributed by atoms with Crippen molar-refractivity contribution in [2.45, 2.75) is 6.92 Å². The van der Waals surface area contributed by atoms with E-state index in [0.29, 0.717) is 22.0 Å². The molecule has 0 unspecified atom stereocenters. The van der Waals surface area contributed by atoms with E-state index in [1.165, 1.54) is 10.5 Å². The number of ketones is 1. The van der Waals surface area contributed by atoms with E-state index in [-0.39, 0.29) is 24.8 Å². The van der Waals surface area contributed by atoms with E-state index in [2.05, 4.69) is 53.2 Å². The Morgan fingerprint density at radius 3 is 2.17 bits per heavy atom. The summed E-state index contributed by atoms with van der Waals surface area (Å²) in [7, 11) is 0. The first kappa shape index (κ1) is 26.9. The Balaban J connectivity index is 1.42. The number of rotatable bonds is 6. The minimum atomic E-state index is -0.275. The lowest BCUT2D eigenvalue weighted by Gasteiger charge is -2.29. The molecule has 5 nitrogen and oxygen atoms in total. The van der Waals surface area contributed by atoms with Gasteiger partial charge in [-0.1, -0.05) is 81.6 Å². The molecule has 4 aromatic carbocycles. The van der Waals surface area contributed by atoms with Gasteiger partial charge in [-0.05, 0) is 72.6 Å². The summed E-state index contributed by atoms with van der Waals surface area (Å²) in [6.07, 6.45) is 0. The first-order chi connectivity index (χ1) is 19.8. The van der Waals surface area contributed by atoms with Crippen molar-refractivity contribution in [1.82, 2.24) is 4.98 Å². The molecule has 1 aliphatic rings. The zero-order chi connectivity index (χ0) is 28.5. The van der Waals surface area contributed by atoms with Gasteiger partial charge >= 0.3 is 0 Å². The lowest BCUT2D eigenvalue weighted by atomic mass is 9.99. The molecule has 7 heteroatoms. The van der Waals surface area contributed by atoms with Crippen LogP contribution < -0.4 is 9.64 Å². The highest BCUT2D eigenvalue weighted by Crippen LogP contribution is 2.38. The first-order valence-corrected chi connectivity index (χ1v) is 14.2. The number of anilines is 1. The van der Waals surface area contributed by atoms with Gasteiger partial charge in [0.05, 0.1) is 23.6 Å². The van der Waals surface area contributed by atoms with Crippen LogP contribution in [0.15, 0.2) is 108 Å². The number of carbonyl (C=O) groups excluding carboxylic acids is 2. The van der Waals surface area contributed by atoms with Crippen molar-refractivity contribution in [3.63, 3.8) is 0 Å². The van der Waals surface area contributed by atoms with Crippen LogP contribution in [-0.4, -0.2) is 29.8 Å². The third-order valence-corrected chi connectivity index (χ3v) is 7.80. The van der Waals surface area contributed by atoms with E-state index in [1.807, 2.05) is 60.7 Å². The van der Waals surface area contributed by atoms with Crippen LogP contribution >= 0.6 is 27.5 Å². The summed E-state index contributed by atoms with van der Waals surface area (Å²) in [5, 5.41) is 0.666. The predicted octanol–water partition coefficient (Wildman–Crippen LogP) is 8.42. The van der Waals surface area contributed by atoms with Crippen molar-refractivity contribution in [2.75, 3.05) is 18.1 Å². The van der Waals surface area contributed by atoms with Gasteiger partial charge in [0.2, 0.25) is 0 Å². The van der Waals surface area contributed by atoms with Gasteiger partial charge in [0.25, 0.3) is 5.91 Å². The molecule has 2 heterocycles. The summed E-state index contributed by atoms with van der Waals surface area (Å²) in [6, 6.07) is 32.8. The number of pyridine rings is 1. The number of aromatic nitrogens is 1. The maximum atomic E-state index is 13.1. The molecule has 41 heavy (non-hydrogen) atoms. The van der Waals surface area contributed by atoms with E-state index in [4.69, 9.17) is 21.3 Å². The summed E-state index contributed by atoms with van der Waals surface area (Å²) in [6.45, 7) is 1.84. The standard InChI is InChI=1S/C34H24BrClN2O3/c1-21-2-4-23(5-3-21)29-16-26(22-8-13-28(36)14-9-22)17-30(37-29)25-10-15-33-31(18-25)38(34(40)20-41-33)19-32(39)24-6-11-27(35)12-7-24/h2-18H,19-20H2,1H3. The van der Waals surface area contributed by atoms with Gasteiger partial charge < -0.3 is 4.74 Å². The third-order valence-electron chi connectivity index (χ3n) is 7.02. The lowest BCUT2D eigenvalue weighted by Crippen LogP contribution is -2.42. The van der Waals surface area contributed by atoms with Crippen molar-refractivity contribution in [3.05, 3.63) is 124 Å². The number of amides is 1. The monoisotopic (exact) mass is 622 g/mol. The number of carbonyl (C=O) groups is 2. The Bertz CT molecular complexity index is 1700. The molecule has 0 saturated heterocycles. The van der Waals surface area contributed by atoms with Crippen LogP contribution in [0.5, 0.6) is 5.75 Å². The van der Waals surface area contributed by atoms with E-state index in [1.54, 1.807) is 12.1 Å². The molecule has 0 aliphatic carbocycles. The topological polar surface area (TPSA) is 59.5 Å². The smallest absolute Gasteiger partial charge is 0.265 e. The second-order valence-corrected chi connectivity index (χ2v) is 11.2. The number of nitrogens with zero attached hydrogens (tertiary/aromatic N) is 2. The van der Waals surface area contributed by atoms with Gasteiger partial charge in [0.15, 0.2) is 12.4 Å². The maximum absolute atomic E-state index is 13.1. The fourth-order valence-corrected chi connectivity index (χ4v) is 5.16. The number of aryl methyl sites for hydroxylation is 1. The number of Topliss-reactive ketones (excluding diaryl/α,β-unsaturated/α-hetero) is 1. The van der Waals surface area contributed by atoms with Gasteiger partial charge in [-0.15, -0.1) is 0 Å². The van der Waals surface area contributed by atoms with Crippen LogP contribution in [0.3, 0.4) is 0 Å². The largest absolute Gasteiger partial charge is 0.482 e. The Labute approximate surface area is 251 Å². The van der Waals surface area contributed by atoms with Crippen LogP contribution in [0.25, 0.3) is 33.6 Å². The molecular formula is C34H24BrClN2O3. The minimum absolute atomic E-state index is 0.0901. The minimum Gasteiger partial charge on any atom is -0.482 e. The second kappa shape index (κ2) is 11.3. The normalized spacial score (nSPS) is 12.6. The average molecular weight is 624 g/mol. The fourth-order valence-electron chi connectivity index (χ4n) is 4.77. The molecule has 5 aromatic rings. The second-order valence-electron chi connectivity index (χ2n) is 9.88.